The quantitative estimate of drug-likeness (QED) is 0.750. The van der Waals surface area contributed by atoms with Crippen molar-refractivity contribution in [1.82, 2.24) is 20.1 Å². The summed E-state index contributed by atoms with van der Waals surface area (Å²) in [5.41, 5.74) is 3.03. The maximum Gasteiger partial charge on any atom is 0.0794 e. The minimum Gasteiger partial charge on any atom is -0.383 e. The monoisotopic (exact) mass is 252 g/mol. The molecule has 0 spiro atoms. The fourth-order valence-corrected chi connectivity index (χ4v) is 2.06. The average Bonchev–Trinajstić information content (AvgIpc) is 2.97. The molecule has 0 unspecified atom stereocenters. The number of rotatable bonds is 7. The molecule has 0 aliphatic rings. The van der Waals surface area contributed by atoms with Gasteiger partial charge in [0.15, 0.2) is 0 Å². The van der Waals surface area contributed by atoms with Crippen LogP contribution in [0.4, 0.5) is 0 Å². The molecule has 2 aromatic heterocycles. The van der Waals surface area contributed by atoms with Gasteiger partial charge >= 0.3 is 0 Å². The largest absolute Gasteiger partial charge is 0.383 e. The molecule has 0 bridgehead atoms. The summed E-state index contributed by atoms with van der Waals surface area (Å²) in [6, 6.07) is 0. The van der Waals surface area contributed by atoms with Gasteiger partial charge < -0.3 is 10.1 Å². The third-order valence-corrected chi connectivity index (χ3v) is 3.06. The molecule has 5 nitrogen and oxygen atoms in total. The van der Waals surface area contributed by atoms with Crippen molar-refractivity contribution in [3.8, 4) is 0 Å². The molecule has 0 amide bonds. The van der Waals surface area contributed by atoms with Crippen molar-refractivity contribution >= 4 is 11.3 Å². The average molecular weight is 252 g/mol. The van der Waals surface area contributed by atoms with Gasteiger partial charge in [0, 0.05) is 43.0 Å². The summed E-state index contributed by atoms with van der Waals surface area (Å²) < 4.78 is 6.90. The van der Waals surface area contributed by atoms with E-state index in [0.717, 1.165) is 26.2 Å². The Balaban J connectivity index is 1.79. The first kappa shape index (κ1) is 12.2. The molecule has 2 heterocycles. The van der Waals surface area contributed by atoms with Crippen molar-refractivity contribution < 1.29 is 4.74 Å². The second-order valence-electron chi connectivity index (χ2n) is 3.68. The van der Waals surface area contributed by atoms with Crippen LogP contribution in [0.5, 0.6) is 0 Å². The molecule has 0 aliphatic carbocycles. The van der Waals surface area contributed by atoms with Crippen LogP contribution >= 0.6 is 11.3 Å². The molecule has 0 fully saturated rings. The number of methoxy groups -OCH3 is 1. The Morgan fingerprint density at radius 3 is 3.18 bits per heavy atom. The summed E-state index contributed by atoms with van der Waals surface area (Å²) in [7, 11) is 1.70. The van der Waals surface area contributed by atoms with Crippen LogP contribution in [0.2, 0.25) is 0 Å². The summed E-state index contributed by atoms with van der Waals surface area (Å²) in [5, 5.41) is 7.60. The van der Waals surface area contributed by atoms with Crippen LogP contribution in [-0.2, 0) is 17.8 Å². The lowest BCUT2D eigenvalue weighted by Gasteiger charge is -2.01. The summed E-state index contributed by atoms with van der Waals surface area (Å²) in [6.45, 7) is 3.21. The fraction of sp³-hybridized carbons (Fsp3) is 0.455. The Morgan fingerprint density at radius 2 is 2.41 bits per heavy atom. The van der Waals surface area contributed by atoms with Gasteiger partial charge in [0.2, 0.25) is 0 Å². The number of nitrogens with one attached hydrogen (secondary N) is 1. The molecular weight excluding hydrogens is 236 g/mol. The highest BCUT2D eigenvalue weighted by atomic mass is 32.1. The number of aromatic nitrogens is 3. The summed E-state index contributed by atoms with van der Waals surface area (Å²) in [5.74, 6) is 0. The third-order valence-electron chi connectivity index (χ3n) is 2.30. The number of hydrogen-bond donors (Lipinski definition) is 1. The van der Waals surface area contributed by atoms with E-state index in [-0.39, 0.29) is 0 Å². The van der Waals surface area contributed by atoms with Gasteiger partial charge in [-0.3, -0.25) is 9.67 Å². The van der Waals surface area contributed by atoms with Crippen LogP contribution in [0.15, 0.2) is 24.1 Å². The lowest BCUT2D eigenvalue weighted by molar-refractivity contribution is 0.199. The zero-order chi connectivity index (χ0) is 11.9. The predicted molar refractivity (Wildman–Crippen MR) is 67.0 cm³/mol. The highest BCUT2D eigenvalue weighted by Gasteiger charge is 2.00. The molecule has 6 heteroatoms. The lowest BCUT2D eigenvalue weighted by Crippen LogP contribution is -2.18. The molecule has 0 radical (unpaired) electrons. The van der Waals surface area contributed by atoms with Crippen molar-refractivity contribution in [1.29, 1.82) is 0 Å². The van der Waals surface area contributed by atoms with Gasteiger partial charge in [-0.1, -0.05) is 0 Å². The van der Waals surface area contributed by atoms with E-state index in [1.165, 1.54) is 10.4 Å². The molecule has 0 atom stereocenters. The van der Waals surface area contributed by atoms with Gasteiger partial charge in [0.05, 0.1) is 24.9 Å². The van der Waals surface area contributed by atoms with Crippen molar-refractivity contribution in [2.75, 3.05) is 20.3 Å². The van der Waals surface area contributed by atoms with E-state index in [1.54, 1.807) is 18.4 Å². The topological polar surface area (TPSA) is 52.0 Å². The van der Waals surface area contributed by atoms with E-state index in [2.05, 4.69) is 21.6 Å². The van der Waals surface area contributed by atoms with Crippen LogP contribution in [0, 0.1) is 0 Å². The van der Waals surface area contributed by atoms with E-state index in [4.69, 9.17) is 4.74 Å². The number of hydrogen-bond acceptors (Lipinski definition) is 5. The zero-order valence-electron chi connectivity index (χ0n) is 9.80. The third kappa shape index (κ3) is 3.92. The number of thiazole rings is 1. The maximum atomic E-state index is 4.97. The predicted octanol–water partition coefficient (Wildman–Crippen LogP) is 1.12. The standard InChI is InChI=1S/C11H16N4OS/c1-16-3-2-12-4-10-5-14-15(7-10)8-11-6-13-9-17-11/h5-7,9,12H,2-4,8H2,1H3. The molecule has 0 saturated heterocycles. The van der Waals surface area contributed by atoms with Gasteiger partial charge in [0.25, 0.3) is 0 Å². The summed E-state index contributed by atoms with van der Waals surface area (Å²) >= 11 is 1.65. The smallest absolute Gasteiger partial charge is 0.0794 e. The highest BCUT2D eigenvalue weighted by molar-refractivity contribution is 7.09. The second kappa shape index (κ2) is 6.48. The van der Waals surface area contributed by atoms with Crippen molar-refractivity contribution in [2.24, 2.45) is 0 Å². The Bertz CT molecular complexity index is 426. The van der Waals surface area contributed by atoms with E-state index >= 15 is 0 Å². The maximum absolute atomic E-state index is 4.97. The van der Waals surface area contributed by atoms with E-state index in [0.29, 0.717) is 0 Å². The minimum atomic E-state index is 0.731. The van der Waals surface area contributed by atoms with Crippen LogP contribution in [0.25, 0.3) is 0 Å². The van der Waals surface area contributed by atoms with Crippen LogP contribution < -0.4 is 5.32 Å². The van der Waals surface area contributed by atoms with Gasteiger partial charge in [-0.05, 0) is 0 Å². The Hall–Kier alpha value is -1.24. The minimum absolute atomic E-state index is 0.731. The van der Waals surface area contributed by atoms with Crippen LogP contribution in [0.1, 0.15) is 10.4 Å². The van der Waals surface area contributed by atoms with E-state index in [9.17, 15) is 0 Å². The SMILES string of the molecule is COCCNCc1cnn(Cc2cncs2)c1. The molecule has 2 rings (SSSR count). The molecule has 0 aliphatic heterocycles. The van der Waals surface area contributed by atoms with E-state index < -0.39 is 0 Å². The van der Waals surface area contributed by atoms with Gasteiger partial charge in [-0.25, -0.2) is 0 Å². The molecule has 92 valence electrons. The molecule has 0 aromatic carbocycles. The van der Waals surface area contributed by atoms with Gasteiger partial charge in [0.1, 0.15) is 0 Å². The Morgan fingerprint density at radius 1 is 1.47 bits per heavy atom. The number of nitrogens with zero attached hydrogens (tertiary/aromatic N) is 3. The summed E-state index contributed by atoms with van der Waals surface area (Å²) in [4.78, 5) is 5.26. The van der Waals surface area contributed by atoms with Gasteiger partial charge in [-0.15, -0.1) is 11.3 Å². The zero-order valence-corrected chi connectivity index (χ0v) is 10.6. The molecule has 17 heavy (non-hydrogen) atoms. The number of ether oxygens (including phenoxy) is 1. The van der Waals surface area contributed by atoms with E-state index in [1.807, 2.05) is 22.6 Å². The first-order chi connectivity index (χ1) is 8.38. The van der Waals surface area contributed by atoms with Crippen LogP contribution in [0.3, 0.4) is 0 Å². The molecule has 2 aromatic rings. The van der Waals surface area contributed by atoms with Crippen molar-refractivity contribution in [3.05, 3.63) is 34.5 Å². The van der Waals surface area contributed by atoms with Crippen molar-refractivity contribution in [3.63, 3.8) is 0 Å². The molecule has 0 saturated carbocycles. The first-order valence-electron chi connectivity index (χ1n) is 5.47. The Kier molecular flexibility index (Phi) is 4.66. The molecule has 1 N–H and O–H groups in total. The molecular formula is C11H16N4OS. The first-order valence-corrected chi connectivity index (χ1v) is 6.35. The summed E-state index contributed by atoms with van der Waals surface area (Å²) in [6.07, 6.45) is 5.82. The fourth-order valence-electron chi connectivity index (χ4n) is 1.47. The van der Waals surface area contributed by atoms with Crippen molar-refractivity contribution in [2.45, 2.75) is 13.1 Å². The lowest BCUT2D eigenvalue weighted by atomic mass is 10.3. The van der Waals surface area contributed by atoms with Gasteiger partial charge in [-0.2, -0.15) is 5.10 Å². The Labute approximate surface area is 104 Å². The highest BCUT2D eigenvalue weighted by Crippen LogP contribution is 2.08. The normalized spacial score (nSPS) is 10.9. The van der Waals surface area contributed by atoms with Crippen LogP contribution in [-0.4, -0.2) is 35.0 Å². The second-order valence-corrected chi connectivity index (χ2v) is 4.65.